The summed E-state index contributed by atoms with van der Waals surface area (Å²) in [5, 5.41) is 2.50. The fourth-order valence-corrected chi connectivity index (χ4v) is 2.47. The Labute approximate surface area is 84.0 Å². The van der Waals surface area contributed by atoms with E-state index in [1.807, 2.05) is 0 Å². The van der Waals surface area contributed by atoms with Gasteiger partial charge in [-0.3, -0.25) is 4.79 Å². The van der Waals surface area contributed by atoms with E-state index in [0.717, 1.165) is 24.3 Å². The normalized spacial score (nSPS) is 38.2. The van der Waals surface area contributed by atoms with E-state index in [2.05, 4.69) is 5.32 Å². The van der Waals surface area contributed by atoms with Crippen LogP contribution < -0.4 is 5.32 Å². The first-order valence-electron chi connectivity index (χ1n) is 5.08. The SMILES string of the molecule is CC(Cl)C(=O)NCC1CC2CC2C1. The van der Waals surface area contributed by atoms with Gasteiger partial charge in [-0.2, -0.15) is 0 Å². The maximum absolute atomic E-state index is 11.1. The summed E-state index contributed by atoms with van der Waals surface area (Å²) in [7, 11) is 0. The highest BCUT2D eigenvalue weighted by Crippen LogP contribution is 2.54. The fourth-order valence-electron chi connectivity index (χ4n) is 2.39. The Morgan fingerprint density at radius 2 is 2.08 bits per heavy atom. The maximum Gasteiger partial charge on any atom is 0.237 e. The van der Waals surface area contributed by atoms with Crippen LogP contribution in [-0.4, -0.2) is 17.8 Å². The maximum atomic E-state index is 11.1. The number of fused-ring (bicyclic) bond motifs is 1. The Morgan fingerprint density at radius 1 is 1.46 bits per heavy atom. The Bertz CT molecular complexity index is 207. The molecule has 2 aliphatic carbocycles. The van der Waals surface area contributed by atoms with Crippen molar-refractivity contribution in [3.05, 3.63) is 0 Å². The van der Waals surface area contributed by atoms with Crippen LogP contribution in [0.2, 0.25) is 0 Å². The lowest BCUT2D eigenvalue weighted by Crippen LogP contribution is -2.33. The largest absolute Gasteiger partial charge is 0.355 e. The molecule has 74 valence electrons. The van der Waals surface area contributed by atoms with Crippen molar-refractivity contribution in [3.63, 3.8) is 0 Å². The molecule has 0 radical (unpaired) electrons. The standard InChI is InChI=1S/C10H16ClNO/c1-6(11)10(13)12-5-7-2-8-4-9(8)3-7/h6-9H,2-5H2,1H3,(H,12,13). The van der Waals surface area contributed by atoms with E-state index < -0.39 is 5.38 Å². The van der Waals surface area contributed by atoms with Crippen molar-refractivity contribution in [1.82, 2.24) is 5.32 Å². The molecule has 0 heterocycles. The summed E-state index contributed by atoms with van der Waals surface area (Å²) in [6.07, 6.45) is 4.08. The Balaban J connectivity index is 1.65. The molecule has 3 unspecified atom stereocenters. The third-order valence-corrected chi connectivity index (χ3v) is 3.47. The first-order chi connectivity index (χ1) is 6.16. The van der Waals surface area contributed by atoms with Gasteiger partial charge in [0, 0.05) is 6.54 Å². The molecule has 2 nitrogen and oxygen atoms in total. The van der Waals surface area contributed by atoms with Crippen molar-refractivity contribution in [2.45, 2.75) is 31.6 Å². The number of alkyl halides is 1. The number of hydrogen-bond acceptors (Lipinski definition) is 1. The summed E-state index contributed by atoms with van der Waals surface area (Å²) in [4.78, 5) is 11.1. The van der Waals surface area contributed by atoms with Gasteiger partial charge in [-0.25, -0.2) is 0 Å². The molecule has 0 saturated heterocycles. The summed E-state index contributed by atoms with van der Waals surface area (Å²) >= 11 is 5.64. The highest BCUT2D eigenvalue weighted by atomic mass is 35.5. The average molecular weight is 202 g/mol. The number of carbonyl (C=O) groups excluding carboxylic acids is 1. The van der Waals surface area contributed by atoms with Crippen LogP contribution in [0.25, 0.3) is 0 Å². The van der Waals surface area contributed by atoms with Crippen molar-refractivity contribution in [2.24, 2.45) is 17.8 Å². The van der Waals surface area contributed by atoms with Gasteiger partial charge in [-0.1, -0.05) is 0 Å². The number of amides is 1. The summed E-state index contributed by atoms with van der Waals surface area (Å²) in [6.45, 7) is 2.55. The van der Waals surface area contributed by atoms with Crippen LogP contribution in [0, 0.1) is 17.8 Å². The zero-order valence-corrected chi connectivity index (χ0v) is 8.68. The van der Waals surface area contributed by atoms with Gasteiger partial charge in [0.2, 0.25) is 5.91 Å². The van der Waals surface area contributed by atoms with E-state index in [1.165, 1.54) is 19.3 Å². The van der Waals surface area contributed by atoms with Gasteiger partial charge >= 0.3 is 0 Å². The van der Waals surface area contributed by atoms with Crippen molar-refractivity contribution in [2.75, 3.05) is 6.54 Å². The van der Waals surface area contributed by atoms with E-state index in [-0.39, 0.29) is 5.91 Å². The smallest absolute Gasteiger partial charge is 0.237 e. The molecule has 0 spiro atoms. The van der Waals surface area contributed by atoms with Crippen LogP contribution >= 0.6 is 11.6 Å². The quantitative estimate of drug-likeness (QED) is 0.693. The molecule has 3 atom stereocenters. The van der Waals surface area contributed by atoms with Crippen LogP contribution in [0.1, 0.15) is 26.2 Å². The van der Waals surface area contributed by atoms with Crippen molar-refractivity contribution < 1.29 is 4.79 Å². The molecular formula is C10H16ClNO. The minimum Gasteiger partial charge on any atom is -0.355 e. The van der Waals surface area contributed by atoms with E-state index in [1.54, 1.807) is 6.92 Å². The lowest BCUT2D eigenvalue weighted by molar-refractivity contribution is -0.120. The van der Waals surface area contributed by atoms with Crippen molar-refractivity contribution in [1.29, 1.82) is 0 Å². The van der Waals surface area contributed by atoms with E-state index in [4.69, 9.17) is 11.6 Å². The second-order valence-electron chi connectivity index (χ2n) is 4.45. The number of nitrogens with one attached hydrogen (secondary N) is 1. The van der Waals surface area contributed by atoms with Crippen LogP contribution in [0.5, 0.6) is 0 Å². The predicted molar refractivity (Wildman–Crippen MR) is 52.6 cm³/mol. The van der Waals surface area contributed by atoms with Crippen LogP contribution in [0.3, 0.4) is 0 Å². The van der Waals surface area contributed by atoms with Crippen molar-refractivity contribution >= 4 is 17.5 Å². The second-order valence-corrected chi connectivity index (χ2v) is 5.11. The molecular weight excluding hydrogens is 186 g/mol. The Morgan fingerprint density at radius 3 is 2.62 bits per heavy atom. The molecule has 0 aromatic carbocycles. The predicted octanol–water partition coefficient (Wildman–Crippen LogP) is 1.78. The molecule has 2 aliphatic rings. The van der Waals surface area contributed by atoms with Crippen LogP contribution in [-0.2, 0) is 4.79 Å². The van der Waals surface area contributed by atoms with Gasteiger partial charge in [-0.15, -0.1) is 11.6 Å². The highest BCUT2D eigenvalue weighted by Gasteiger charge is 2.45. The summed E-state index contributed by atoms with van der Waals surface area (Å²) in [5.74, 6) is 2.69. The van der Waals surface area contributed by atoms with E-state index in [0.29, 0.717) is 0 Å². The minimum atomic E-state index is -0.393. The molecule has 2 fully saturated rings. The fraction of sp³-hybridized carbons (Fsp3) is 0.900. The summed E-state index contributed by atoms with van der Waals surface area (Å²) in [5.41, 5.74) is 0. The lowest BCUT2D eigenvalue weighted by atomic mass is 10.0. The minimum absolute atomic E-state index is 0.0257. The zero-order valence-electron chi connectivity index (χ0n) is 7.92. The molecule has 2 rings (SSSR count). The van der Waals surface area contributed by atoms with Gasteiger partial charge in [0.25, 0.3) is 0 Å². The number of halogens is 1. The molecule has 0 aromatic rings. The van der Waals surface area contributed by atoms with Gasteiger partial charge in [0.1, 0.15) is 5.38 Å². The third-order valence-electron chi connectivity index (χ3n) is 3.27. The van der Waals surface area contributed by atoms with E-state index >= 15 is 0 Å². The highest BCUT2D eigenvalue weighted by molar-refractivity contribution is 6.30. The topological polar surface area (TPSA) is 29.1 Å². The molecule has 0 aromatic heterocycles. The summed E-state index contributed by atoms with van der Waals surface area (Å²) < 4.78 is 0. The lowest BCUT2D eigenvalue weighted by Gasteiger charge is -2.13. The first kappa shape index (κ1) is 9.32. The van der Waals surface area contributed by atoms with E-state index in [9.17, 15) is 4.79 Å². The number of rotatable bonds is 3. The Kier molecular flexibility index (Phi) is 2.50. The molecule has 1 amide bonds. The van der Waals surface area contributed by atoms with Crippen molar-refractivity contribution in [3.8, 4) is 0 Å². The van der Waals surface area contributed by atoms with Gasteiger partial charge in [0.05, 0.1) is 0 Å². The first-order valence-corrected chi connectivity index (χ1v) is 5.52. The average Bonchev–Trinajstić information content (AvgIpc) is 2.70. The Hall–Kier alpha value is -0.240. The molecule has 13 heavy (non-hydrogen) atoms. The van der Waals surface area contributed by atoms with Crippen LogP contribution in [0.15, 0.2) is 0 Å². The molecule has 1 N–H and O–H groups in total. The van der Waals surface area contributed by atoms with Crippen LogP contribution in [0.4, 0.5) is 0 Å². The zero-order chi connectivity index (χ0) is 9.42. The summed E-state index contributed by atoms with van der Waals surface area (Å²) in [6, 6.07) is 0. The second kappa shape index (κ2) is 3.49. The van der Waals surface area contributed by atoms with Gasteiger partial charge in [-0.05, 0) is 43.9 Å². The number of carbonyl (C=O) groups is 1. The third kappa shape index (κ3) is 2.16. The molecule has 0 aliphatic heterocycles. The van der Waals surface area contributed by atoms with Gasteiger partial charge in [0.15, 0.2) is 0 Å². The molecule has 3 heteroatoms. The molecule has 2 saturated carbocycles. The monoisotopic (exact) mass is 201 g/mol. The molecule has 0 bridgehead atoms. The number of hydrogen-bond donors (Lipinski definition) is 1. The van der Waals surface area contributed by atoms with Gasteiger partial charge < -0.3 is 5.32 Å².